The summed E-state index contributed by atoms with van der Waals surface area (Å²) in [4.78, 5) is 16.9. The molecule has 0 bridgehead atoms. The zero-order valence-electron chi connectivity index (χ0n) is 18.7. The van der Waals surface area contributed by atoms with Crippen molar-refractivity contribution in [2.24, 2.45) is 5.73 Å². The number of piperazine rings is 1. The number of benzene rings is 2. The Kier molecular flexibility index (Phi) is 6.71. The number of rotatable bonds is 5. The molecule has 1 aromatic heterocycles. The van der Waals surface area contributed by atoms with Crippen molar-refractivity contribution in [1.82, 2.24) is 9.29 Å². The van der Waals surface area contributed by atoms with Crippen LogP contribution in [0.15, 0.2) is 65.6 Å². The van der Waals surface area contributed by atoms with E-state index in [1.165, 1.54) is 27.4 Å². The highest BCUT2D eigenvalue weighted by molar-refractivity contribution is 7.89. The standard InChI is InChI=1S/C24H20F3N5O3S/c25-24(26,27)21-13-16(15-28)14-22(30-21)31-9-11-32(12-10-31)36(34,35)18-7-5-17(6-8-18)19-3-1-2-4-20(19)23(29)33/h1-8,13-14H,9-12H2,(H2,29,33). The summed E-state index contributed by atoms with van der Waals surface area (Å²) in [6.07, 6.45) is -4.71. The van der Waals surface area contributed by atoms with Crippen LogP contribution in [0.25, 0.3) is 11.1 Å². The number of amides is 1. The van der Waals surface area contributed by atoms with Gasteiger partial charge in [-0.3, -0.25) is 4.79 Å². The Balaban J connectivity index is 1.51. The van der Waals surface area contributed by atoms with Gasteiger partial charge in [0.25, 0.3) is 0 Å². The van der Waals surface area contributed by atoms with Crippen LogP contribution >= 0.6 is 0 Å². The molecule has 1 aliphatic rings. The third-order valence-corrected chi connectivity index (χ3v) is 7.70. The van der Waals surface area contributed by atoms with Crippen molar-refractivity contribution in [3.05, 3.63) is 77.5 Å². The fraction of sp³-hybridized carbons (Fsp3) is 0.208. The van der Waals surface area contributed by atoms with E-state index in [9.17, 15) is 26.4 Å². The first-order valence-electron chi connectivity index (χ1n) is 10.7. The fourth-order valence-corrected chi connectivity index (χ4v) is 5.37. The number of anilines is 1. The average Bonchev–Trinajstić information content (AvgIpc) is 2.88. The molecule has 1 amide bonds. The zero-order chi connectivity index (χ0) is 26.1. The van der Waals surface area contributed by atoms with Crippen molar-refractivity contribution in [1.29, 1.82) is 5.26 Å². The predicted octanol–water partition coefficient (Wildman–Crippen LogP) is 3.25. The fourth-order valence-electron chi connectivity index (χ4n) is 3.95. The smallest absolute Gasteiger partial charge is 0.366 e. The van der Waals surface area contributed by atoms with Crippen LogP contribution in [0.1, 0.15) is 21.6 Å². The summed E-state index contributed by atoms with van der Waals surface area (Å²) < 4.78 is 67.0. The number of pyridine rings is 1. The molecule has 36 heavy (non-hydrogen) atoms. The quantitative estimate of drug-likeness (QED) is 0.557. The van der Waals surface area contributed by atoms with Crippen LogP contribution < -0.4 is 10.6 Å². The minimum atomic E-state index is -4.71. The van der Waals surface area contributed by atoms with Crippen LogP contribution in [0.5, 0.6) is 0 Å². The van der Waals surface area contributed by atoms with Gasteiger partial charge in [0.1, 0.15) is 11.5 Å². The van der Waals surface area contributed by atoms with Crippen molar-refractivity contribution >= 4 is 21.7 Å². The third-order valence-electron chi connectivity index (χ3n) is 5.79. The molecule has 4 rings (SSSR count). The molecular formula is C24H20F3N5O3S. The van der Waals surface area contributed by atoms with Crippen LogP contribution in [0.2, 0.25) is 0 Å². The van der Waals surface area contributed by atoms with Crippen molar-refractivity contribution in [3.63, 3.8) is 0 Å². The van der Waals surface area contributed by atoms with Gasteiger partial charge in [0, 0.05) is 31.7 Å². The van der Waals surface area contributed by atoms with E-state index in [-0.39, 0.29) is 42.5 Å². The van der Waals surface area contributed by atoms with E-state index >= 15 is 0 Å². The SMILES string of the molecule is N#Cc1cc(N2CCN(S(=O)(=O)c3ccc(-c4ccccc4C(N)=O)cc3)CC2)nc(C(F)(F)F)c1. The Morgan fingerprint density at radius 3 is 2.22 bits per heavy atom. The van der Waals surface area contributed by atoms with Gasteiger partial charge in [0.2, 0.25) is 15.9 Å². The highest BCUT2D eigenvalue weighted by Gasteiger charge is 2.35. The number of primary amides is 1. The molecule has 0 spiro atoms. The maximum Gasteiger partial charge on any atom is 0.433 e. The third kappa shape index (κ3) is 5.02. The minimum absolute atomic E-state index is 0.0222. The number of halogens is 3. The first-order valence-corrected chi connectivity index (χ1v) is 12.2. The molecule has 186 valence electrons. The van der Waals surface area contributed by atoms with Crippen molar-refractivity contribution in [3.8, 4) is 17.2 Å². The summed E-state index contributed by atoms with van der Waals surface area (Å²) in [6, 6.07) is 16.4. The van der Waals surface area contributed by atoms with Crippen LogP contribution in [-0.2, 0) is 16.2 Å². The molecule has 1 fully saturated rings. The molecule has 1 saturated heterocycles. The highest BCUT2D eigenvalue weighted by atomic mass is 32.2. The summed E-state index contributed by atoms with van der Waals surface area (Å²) in [6.45, 7) is 0.244. The number of aromatic nitrogens is 1. The normalized spacial score (nSPS) is 14.9. The van der Waals surface area contributed by atoms with Gasteiger partial charge in [-0.2, -0.15) is 22.7 Å². The van der Waals surface area contributed by atoms with Gasteiger partial charge in [-0.25, -0.2) is 13.4 Å². The molecule has 3 aromatic rings. The summed E-state index contributed by atoms with van der Waals surface area (Å²) in [5.41, 5.74) is 5.58. The molecule has 0 unspecified atom stereocenters. The Hall–Kier alpha value is -3.95. The maximum atomic E-state index is 13.2. The first-order chi connectivity index (χ1) is 17.0. The van der Waals surface area contributed by atoms with Gasteiger partial charge < -0.3 is 10.6 Å². The average molecular weight is 516 g/mol. The van der Waals surface area contributed by atoms with E-state index in [4.69, 9.17) is 11.0 Å². The van der Waals surface area contributed by atoms with E-state index in [1.54, 1.807) is 42.5 Å². The molecule has 1 aliphatic heterocycles. The molecule has 2 aromatic carbocycles. The molecule has 0 radical (unpaired) electrons. The van der Waals surface area contributed by atoms with Crippen LogP contribution in [0.4, 0.5) is 19.0 Å². The van der Waals surface area contributed by atoms with Crippen LogP contribution in [0, 0.1) is 11.3 Å². The van der Waals surface area contributed by atoms with Gasteiger partial charge in [-0.05, 0) is 41.5 Å². The van der Waals surface area contributed by atoms with E-state index in [2.05, 4.69) is 4.98 Å². The lowest BCUT2D eigenvalue weighted by molar-refractivity contribution is -0.141. The number of sulfonamides is 1. The second-order valence-corrected chi connectivity index (χ2v) is 9.97. The lowest BCUT2D eigenvalue weighted by atomic mass is 9.99. The van der Waals surface area contributed by atoms with Gasteiger partial charge >= 0.3 is 6.18 Å². The lowest BCUT2D eigenvalue weighted by Gasteiger charge is -2.35. The largest absolute Gasteiger partial charge is 0.433 e. The van der Waals surface area contributed by atoms with Gasteiger partial charge in [0.05, 0.1) is 16.5 Å². The molecule has 8 nitrogen and oxygen atoms in total. The predicted molar refractivity (Wildman–Crippen MR) is 125 cm³/mol. The van der Waals surface area contributed by atoms with Gasteiger partial charge in [0.15, 0.2) is 0 Å². The van der Waals surface area contributed by atoms with E-state index in [0.717, 1.165) is 0 Å². The summed E-state index contributed by atoms with van der Waals surface area (Å²) in [5, 5.41) is 9.09. The number of alkyl halides is 3. The monoisotopic (exact) mass is 515 g/mol. The van der Waals surface area contributed by atoms with E-state index in [1.807, 2.05) is 0 Å². The second-order valence-electron chi connectivity index (χ2n) is 8.03. The van der Waals surface area contributed by atoms with Crippen molar-refractivity contribution < 1.29 is 26.4 Å². The number of nitriles is 1. The Bertz CT molecular complexity index is 1440. The number of hydrogen-bond acceptors (Lipinski definition) is 6. The summed E-state index contributed by atoms with van der Waals surface area (Å²) in [7, 11) is -3.88. The number of nitrogens with two attached hydrogens (primary N) is 1. The minimum Gasteiger partial charge on any atom is -0.366 e. The molecule has 0 saturated carbocycles. The van der Waals surface area contributed by atoms with Gasteiger partial charge in [-0.1, -0.05) is 30.3 Å². The number of carbonyl (C=O) groups is 1. The van der Waals surface area contributed by atoms with Crippen molar-refractivity contribution in [2.75, 3.05) is 31.1 Å². The Labute approximate surface area is 205 Å². The molecule has 2 heterocycles. The van der Waals surface area contributed by atoms with E-state index in [0.29, 0.717) is 22.8 Å². The number of carbonyl (C=O) groups excluding carboxylic acids is 1. The molecule has 0 atom stereocenters. The molecular weight excluding hydrogens is 495 g/mol. The molecule has 2 N–H and O–H groups in total. The highest BCUT2D eigenvalue weighted by Crippen LogP contribution is 2.31. The topological polar surface area (TPSA) is 120 Å². The maximum absolute atomic E-state index is 13.2. The molecule has 12 heteroatoms. The zero-order valence-corrected chi connectivity index (χ0v) is 19.6. The second kappa shape index (κ2) is 9.60. The van der Waals surface area contributed by atoms with E-state index < -0.39 is 27.8 Å². The van der Waals surface area contributed by atoms with Gasteiger partial charge in [-0.15, -0.1) is 0 Å². The first kappa shape index (κ1) is 25.2. The lowest BCUT2D eigenvalue weighted by Crippen LogP contribution is -2.49. The number of hydrogen-bond donors (Lipinski definition) is 1. The van der Waals surface area contributed by atoms with Crippen molar-refractivity contribution in [2.45, 2.75) is 11.1 Å². The van der Waals surface area contributed by atoms with Crippen LogP contribution in [0.3, 0.4) is 0 Å². The summed E-state index contributed by atoms with van der Waals surface area (Å²) >= 11 is 0. The summed E-state index contributed by atoms with van der Waals surface area (Å²) in [5.74, 6) is -0.631. The van der Waals surface area contributed by atoms with Crippen LogP contribution in [-0.4, -0.2) is 49.8 Å². The Morgan fingerprint density at radius 1 is 1.00 bits per heavy atom. The molecule has 0 aliphatic carbocycles. The number of nitrogens with zero attached hydrogens (tertiary/aromatic N) is 4. The Morgan fingerprint density at radius 2 is 1.64 bits per heavy atom.